The molecule has 2 fully saturated rings. The summed E-state index contributed by atoms with van der Waals surface area (Å²) in [5.41, 5.74) is 12.4. The van der Waals surface area contributed by atoms with Gasteiger partial charge >= 0.3 is 5.97 Å². The van der Waals surface area contributed by atoms with Gasteiger partial charge in [0.15, 0.2) is 0 Å². The Bertz CT molecular complexity index is 2280. The lowest BCUT2D eigenvalue weighted by Crippen LogP contribution is -2.61. The molecule has 406 valence electrons. The third-order valence-corrected chi connectivity index (χ3v) is 13.1. The van der Waals surface area contributed by atoms with Crippen LogP contribution in [0.5, 0.6) is 0 Å². The van der Waals surface area contributed by atoms with Crippen LogP contribution in [0.15, 0.2) is 60.7 Å². The number of aliphatic carboxylic acids is 1. The molecule has 0 bridgehead atoms. The lowest BCUT2D eigenvalue weighted by molar-refractivity contribution is -0.144. The number of nitrogens with two attached hydrogens (primary N) is 2. The maximum absolute atomic E-state index is 14.8. The molecule has 4 rings (SSSR count). The summed E-state index contributed by atoms with van der Waals surface area (Å²) < 4.78 is 0. The SMILES string of the molecule is CC(C)C[C@H](NC(=O)[C@@H](NC(=O)[C@@H](NC(=O)[C@@H]1CCCN1C(=O)[C@H](Cc1ccccc1)NC(=O)[C@H](Cc1ccccc1)NC(=O)[C@@H]1CCCN1C(=O)[C@H](CO)NC(=O)[C@@H](N)CCC(N)=O)C(C)C)C(C)C)C(=O)O. The zero-order valence-corrected chi connectivity index (χ0v) is 43.2. The maximum Gasteiger partial charge on any atom is 0.326 e. The molecule has 0 radical (unpaired) electrons. The Hall–Kier alpha value is -6.94. The number of nitrogens with zero attached hydrogens (tertiary/aromatic N) is 2. The van der Waals surface area contributed by atoms with Crippen molar-refractivity contribution in [3.8, 4) is 0 Å². The average molecular weight is 1030 g/mol. The third kappa shape index (κ3) is 17.3. The van der Waals surface area contributed by atoms with Gasteiger partial charge in [-0.3, -0.25) is 43.2 Å². The van der Waals surface area contributed by atoms with Crippen LogP contribution in [-0.4, -0.2) is 153 Å². The van der Waals surface area contributed by atoms with Crippen LogP contribution in [0.25, 0.3) is 0 Å². The standard InChI is InChI=1S/C52H76N10O12/c1-29(2)25-37(52(73)74)57-48(69)42(30(3)4)60-49(70)43(31(5)6)59-47(68)40-20-14-23-61(40)50(71)36(27-33-17-11-8-12-18-33)56-45(66)35(26-32-15-9-7-10-16-32)55-46(67)39-19-13-24-62(39)51(72)38(28-63)58-44(65)34(53)21-22-41(54)64/h7-12,15-18,29-31,34-40,42-43,63H,13-14,19-28,53H2,1-6H3,(H2,54,64)(H,55,67)(H,56,66)(H,57,69)(H,58,65)(H,59,68)(H,60,70)(H,73,74)/t34-,35-,36-,37-,38-,39-,40-,42-,43-/m0/s1. The van der Waals surface area contributed by atoms with Gasteiger partial charge in [0.1, 0.15) is 48.3 Å². The van der Waals surface area contributed by atoms with Crippen LogP contribution in [-0.2, 0) is 60.8 Å². The summed E-state index contributed by atoms with van der Waals surface area (Å²) in [7, 11) is 0. The van der Waals surface area contributed by atoms with Gasteiger partial charge in [-0.05, 0) is 67.4 Å². The predicted octanol–water partition coefficient (Wildman–Crippen LogP) is -0.610. The van der Waals surface area contributed by atoms with E-state index >= 15 is 0 Å². The number of aliphatic hydroxyl groups excluding tert-OH is 1. The van der Waals surface area contributed by atoms with Crippen molar-refractivity contribution in [2.45, 2.75) is 154 Å². The van der Waals surface area contributed by atoms with E-state index in [0.29, 0.717) is 24.0 Å². The number of aliphatic hydroxyl groups is 1. The molecular formula is C52H76N10O12. The molecular weight excluding hydrogens is 957 g/mol. The van der Waals surface area contributed by atoms with Gasteiger partial charge in [-0.2, -0.15) is 0 Å². The lowest BCUT2D eigenvalue weighted by atomic mass is 9.98. The molecule has 2 aromatic carbocycles. The van der Waals surface area contributed by atoms with Crippen LogP contribution in [0.4, 0.5) is 0 Å². The van der Waals surface area contributed by atoms with Crippen LogP contribution in [0.2, 0.25) is 0 Å². The van der Waals surface area contributed by atoms with Gasteiger partial charge in [0.25, 0.3) is 0 Å². The summed E-state index contributed by atoms with van der Waals surface area (Å²) in [6.07, 6.45) is 1.06. The van der Waals surface area contributed by atoms with Crippen LogP contribution in [0, 0.1) is 17.8 Å². The highest BCUT2D eigenvalue weighted by Gasteiger charge is 2.43. The number of nitrogens with one attached hydrogen (secondary N) is 6. The molecule has 74 heavy (non-hydrogen) atoms. The highest BCUT2D eigenvalue weighted by molar-refractivity contribution is 5.98. The van der Waals surface area contributed by atoms with E-state index in [1.807, 2.05) is 13.8 Å². The topological polar surface area (TPSA) is 342 Å². The fraction of sp³-hybridized carbons (Fsp3) is 0.577. The van der Waals surface area contributed by atoms with Crippen LogP contribution in [0.3, 0.4) is 0 Å². The molecule has 2 saturated heterocycles. The minimum atomic E-state index is -1.47. The maximum atomic E-state index is 14.8. The van der Waals surface area contributed by atoms with Crippen molar-refractivity contribution in [2.24, 2.45) is 29.2 Å². The molecule has 2 aliphatic heterocycles. The molecule has 2 heterocycles. The largest absolute Gasteiger partial charge is 0.480 e. The summed E-state index contributed by atoms with van der Waals surface area (Å²) in [6.45, 7) is 9.84. The van der Waals surface area contributed by atoms with Crippen LogP contribution < -0.4 is 43.4 Å². The van der Waals surface area contributed by atoms with Gasteiger partial charge in [0, 0.05) is 32.4 Å². The zero-order chi connectivity index (χ0) is 54.8. The van der Waals surface area contributed by atoms with Crippen LogP contribution in [0.1, 0.15) is 97.6 Å². The lowest BCUT2D eigenvalue weighted by Gasteiger charge is -2.32. The second-order valence-electron chi connectivity index (χ2n) is 20.2. The fourth-order valence-corrected chi connectivity index (χ4v) is 9.07. The second-order valence-corrected chi connectivity index (χ2v) is 20.2. The van der Waals surface area contributed by atoms with E-state index < -0.39 is 132 Å². The van der Waals surface area contributed by atoms with Gasteiger partial charge < -0.3 is 63.4 Å². The Kier molecular flexibility index (Phi) is 23.0. The first-order chi connectivity index (χ1) is 35.0. The van der Waals surface area contributed by atoms with E-state index in [2.05, 4.69) is 31.9 Å². The van der Waals surface area contributed by atoms with E-state index in [9.17, 15) is 58.2 Å². The molecule has 0 saturated carbocycles. The van der Waals surface area contributed by atoms with Crippen molar-refractivity contribution >= 4 is 59.1 Å². The number of hydrogen-bond donors (Lipinski definition) is 10. The Morgan fingerprint density at radius 1 is 0.581 bits per heavy atom. The Morgan fingerprint density at radius 3 is 1.50 bits per heavy atom. The average Bonchev–Trinajstić information content (AvgIpc) is 4.06. The summed E-state index contributed by atoms with van der Waals surface area (Å²) >= 11 is 0. The van der Waals surface area contributed by atoms with Crippen LogP contribution >= 0.6 is 0 Å². The molecule has 0 spiro atoms. The molecule has 9 amide bonds. The molecule has 22 nitrogen and oxygen atoms in total. The quantitative estimate of drug-likeness (QED) is 0.0535. The van der Waals surface area contributed by atoms with Gasteiger partial charge in [-0.25, -0.2) is 4.79 Å². The molecule has 0 aliphatic carbocycles. The van der Waals surface area contributed by atoms with Gasteiger partial charge in [-0.1, -0.05) is 102 Å². The minimum absolute atomic E-state index is 0.0107. The van der Waals surface area contributed by atoms with Crippen molar-refractivity contribution in [3.63, 3.8) is 0 Å². The molecule has 2 aliphatic rings. The normalized spacial score (nSPS) is 18.3. The first kappa shape index (κ1) is 59.6. The Morgan fingerprint density at radius 2 is 1.03 bits per heavy atom. The molecule has 12 N–H and O–H groups in total. The Balaban J connectivity index is 1.56. The van der Waals surface area contributed by atoms with E-state index in [-0.39, 0.29) is 64.0 Å². The minimum Gasteiger partial charge on any atom is -0.480 e. The number of carbonyl (C=O) groups excluding carboxylic acids is 9. The summed E-state index contributed by atoms with van der Waals surface area (Å²) in [4.78, 5) is 137. The smallest absolute Gasteiger partial charge is 0.326 e. The fourth-order valence-electron chi connectivity index (χ4n) is 9.07. The number of amides is 9. The van der Waals surface area contributed by atoms with E-state index in [4.69, 9.17) is 11.5 Å². The van der Waals surface area contributed by atoms with Crippen molar-refractivity contribution in [2.75, 3.05) is 19.7 Å². The predicted molar refractivity (Wildman–Crippen MR) is 272 cm³/mol. The number of benzene rings is 2. The van der Waals surface area contributed by atoms with Gasteiger partial charge in [0.2, 0.25) is 53.2 Å². The number of rotatable bonds is 27. The Labute approximate surface area is 432 Å². The number of hydrogen-bond acceptors (Lipinski definition) is 12. The van der Waals surface area contributed by atoms with E-state index in [1.54, 1.807) is 88.4 Å². The van der Waals surface area contributed by atoms with E-state index in [0.717, 1.165) is 0 Å². The van der Waals surface area contributed by atoms with Crippen molar-refractivity contribution in [1.82, 2.24) is 41.7 Å². The molecule has 0 aromatic heterocycles. The van der Waals surface area contributed by atoms with Gasteiger partial charge in [0.05, 0.1) is 12.6 Å². The summed E-state index contributed by atoms with van der Waals surface area (Å²) in [6, 6.07) is 6.77. The summed E-state index contributed by atoms with van der Waals surface area (Å²) in [5.74, 6) is -8.50. The summed E-state index contributed by atoms with van der Waals surface area (Å²) in [5, 5.41) is 36.0. The number of primary amides is 1. The molecule has 2 aromatic rings. The first-order valence-corrected chi connectivity index (χ1v) is 25.4. The number of likely N-dealkylation sites (tertiary alicyclic amines) is 2. The highest BCUT2D eigenvalue weighted by atomic mass is 16.4. The van der Waals surface area contributed by atoms with Crippen molar-refractivity contribution in [3.05, 3.63) is 71.8 Å². The molecule has 0 unspecified atom stereocenters. The third-order valence-electron chi connectivity index (χ3n) is 13.1. The molecule has 22 heteroatoms. The number of carbonyl (C=O) groups is 10. The second kappa shape index (κ2) is 28.5. The van der Waals surface area contributed by atoms with E-state index in [1.165, 1.54) is 9.80 Å². The highest BCUT2D eigenvalue weighted by Crippen LogP contribution is 2.23. The van der Waals surface area contributed by atoms with Crippen molar-refractivity contribution in [1.29, 1.82) is 0 Å². The van der Waals surface area contributed by atoms with Gasteiger partial charge in [-0.15, -0.1) is 0 Å². The molecule has 9 atom stereocenters. The monoisotopic (exact) mass is 1030 g/mol. The number of carboxylic acid groups (broad SMARTS) is 1. The number of carboxylic acids is 1. The first-order valence-electron chi connectivity index (χ1n) is 25.4. The van der Waals surface area contributed by atoms with Crippen molar-refractivity contribution < 1.29 is 58.2 Å². The zero-order valence-electron chi connectivity index (χ0n) is 43.2.